The Bertz CT molecular complexity index is 5900. The van der Waals surface area contributed by atoms with Gasteiger partial charge in [0.15, 0.2) is 16.6 Å². The van der Waals surface area contributed by atoms with Gasteiger partial charge in [0.2, 0.25) is 0 Å². The Kier molecular flexibility index (Phi) is 18.3. The molecule has 0 unspecified atom stereocenters. The number of pyridine rings is 4. The molecule has 0 saturated carbocycles. The van der Waals surface area contributed by atoms with E-state index in [1.54, 1.807) is 120 Å². The molecule has 23 nitrogen and oxygen atoms in total. The van der Waals surface area contributed by atoms with Crippen molar-refractivity contribution in [2.75, 3.05) is 0 Å². The molecular weight excluding hydrogens is 1280 g/mol. The van der Waals surface area contributed by atoms with Gasteiger partial charge in [0, 0.05) is 105 Å². The number of benzene rings is 5. The molecule has 0 saturated heterocycles. The maximum Gasteiger partial charge on any atom is 0.280 e. The second kappa shape index (κ2) is 28.5. The maximum atomic E-state index is 14.9. The molecule has 0 N–H and O–H groups in total. The van der Waals surface area contributed by atoms with Gasteiger partial charge in [-0.05, 0) is 117 Å². The van der Waals surface area contributed by atoms with E-state index in [2.05, 4.69) is 55.2 Å². The lowest BCUT2D eigenvalue weighted by atomic mass is 9.99. The van der Waals surface area contributed by atoms with Crippen LogP contribution in [0.15, 0.2) is 277 Å². The molecule has 0 atom stereocenters. The van der Waals surface area contributed by atoms with Crippen LogP contribution < -0.4 is 22.2 Å². The largest absolute Gasteiger partial charge is 0.356 e. The molecule has 101 heavy (non-hydrogen) atoms. The van der Waals surface area contributed by atoms with Crippen molar-refractivity contribution in [3.63, 3.8) is 0 Å². The summed E-state index contributed by atoms with van der Waals surface area (Å²) in [4.78, 5) is 83.3. The standard InChI is InChI=1S/C23H16F2N4O.2C18H15N5O.C17H13N5O/c1-28-10-14-4-2-5-16(17(14)11-28)15-8-19(24)18(20(25)9-15)12-29-13-27-21-6-3-7-26-22(21)23(29)30;1-22-11-15(8-21-22)14-4-2-13(3-5-14)10-23-12-20-17-9-19-7-6-16(17)18(23)24;1-22-11-15(9-21-22)14-6-4-13(5-7-14)10-23-12-20-16-3-2-8-19-17(16)18(23)24;23-17-16-15(3-1-8-18-16)19-12-21(17)11-13-4-6-14(7-5-13)22-10-2-9-20-22/h2-11,13H,12H2,1H3;2*2-9,11-12H,10H2,1H3;1-10,12H,11H2. The van der Waals surface area contributed by atoms with Crippen LogP contribution in [0.1, 0.15) is 22.3 Å². The van der Waals surface area contributed by atoms with Crippen molar-refractivity contribution in [2.45, 2.75) is 26.2 Å². The van der Waals surface area contributed by atoms with Crippen molar-refractivity contribution in [2.24, 2.45) is 21.1 Å². The fraction of sp³-hybridized carbons (Fsp3) is 0.0921. The second-order valence-corrected chi connectivity index (χ2v) is 23.7. The molecule has 0 aliphatic rings. The van der Waals surface area contributed by atoms with Crippen molar-refractivity contribution >= 4 is 54.8 Å². The zero-order valence-electron chi connectivity index (χ0n) is 54.5. The second-order valence-electron chi connectivity index (χ2n) is 23.7. The Morgan fingerprint density at radius 3 is 1.33 bits per heavy atom. The Balaban J connectivity index is 0.000000115. The normalized spacial score (nSPS) is 11.1. The van der Waals surface area contributed by atoms with E-state index >= 15 is 0 Å². The molecule has 0 fully saturated rings. The summed E-state index contributed by atoms with van der Waals surface area (Å²) in [5, 5.41) is 15.0. The monoisotopic (exact) mass is 1340 g/mol. The number of nitrogens with zero attached hydrogens (tertiary/aromatic N) is 19. The average molecular weight is 1340 g/mol. The molecule has 17 rings (SSSR count). The Morgan fingerprint density at radius 2 is 0.851 bits per heavy atom. The first-order valence-corrected chi connectivity index (χ1v) is 31.7. The van der Waals surface area contributed by atoms with Gasteiger partial charge in [-0.1, -0.05) is 78.9 Å². The van der Waals surface area contributed by atoms with E-state index in [1.165, 1.54) is 24.7 Å². The van der Waals surface area contributed by atoms with Crippen LogP contribution in [-0.2, 0) is 47.3 Å². The lowest BCUT2D eigenvalue weighted by molar-refractivity contribution is 0.541. The highest BCUT2D eigenvalue weighted by Crippen LogP contribution is 2.32. The number of hydrogen-bond acceptors (Lipinski definition) is 15. The van der Waals surface area contributed by atoms with Crippen LogP contribution in [0.2, 0.25) is 0 Å². The predicted molar refractivity (Wildman–Crippen MR) is 381 cm³/mol. The Hall–Kier alpha value is -13.7. The van der Waals surface area contributed by atoms with Crippen molar-refractivity contribution in [1.29, 1.82) is 0 Å². The van der Waals surface area contributed by atoms with Crippen LogP contribution in [0.4, 0.5) is 8.78 Å². The number of aryl methyl sites for hydroxylation is 3. The first kappa shape index (κ1) is 64.6. The summed E-state index contributed by atoms with van der Waals surface area (Å²) in [7, 11) is 5.69. The fourth-order valence-corrected chi connectivity index (χ4v) is 11.6. The molecular formula is C76H59F2N19O4. The smallest absolute Gasteiger partial charge is 0.280 e. The molecule has 496 valence electrons. The molecule has 25 heteroatoms. The number of rotatable bonds is 12. The number of aromatic nitrogens is 19. The summed E-state index contributed by atoms with van der Waals surface area (Å²) in [6.45, 7) is 1.13. The molecule has 5 aromatic carbocycles. The highest BCUT2D eigenvalue weighted by molar-refractivity contribution is 5.96. The molecule has 17 aromatic rings. The minimum atomic E-state index is -0.717. The van der Waals surface area contributed by atoms with Crippen LogP contribution in [0.5, 0.6) is 0 Å². The predicted octanol–water partition coefficient (Wildman–Crippen LogP) is 10.8. The maximum absolute atomic E-state index is 14.9. The molecule has 0 amide bonds. The van der Waals surface area contributed by atoms with Gasteiger partial charge < -0.3 is 4.57 Å². The van der Waals surface area contributed by atoms with E-state index < -0.39 is 17.2 Å². The Labute approximate surface area is 572 Å². The van der Waals surface area contributed by atoms with E-state index in [9.17, 15) is 28.0 Å². The number of halogens is 2. The minimum absolute atomic E-state index is 0.0567. The molecule has 0 aliphatic heterocycles. The van der Waals surface area contributed by atoms with Crippen LogP contribution in [0.25, 0.3) is 93.8 Å². The lowest BCUT2D eigenvalue weighted by Crippen LogP contribution is -2.23. The SMILES string of the molecule is Cn1cc(-c2ccc(Cn3cnc4cccnc4c3=O)cc2)cn1.Cn1cc(-c2ccc(Cn3cnc4cnccc4c3=O)cc2)cn1.Cn1cc2cccc(-c3cc(F)c(Cn4cnc5cccnc5c4=O)c(F)c3)c2c1.O=c1c2ncccc2ncn1Cc1ccc(-n2cccn2)cc1. The molecule has 0 radical (unpaired) electrons. The minimum Gasteiger partial charge on any atom is -0.356 e. The third-order valence-electron chi connectivity index (χ3n) is 16.7. The van der Waals surface area contributed by atoms with Crippen molar-refractivity contribution in [3.8, 4) is 39.1 Å². The van der Waals surface area contributed by atoms with Crippen molar-refractivity contribution < 1.29 is 8.78 Å². The fourth-order valence-electron chi connectivity index (χ4n) is 11.6. The van der Waals surface area contributed by atoms with Gasteiger partial charge in [-0.3, -0.25) is 51.8 Å². The van der Waals surface area contributed by atoms with Crippen LogP contribution in [0, 0.1) is 11.6 Å². The summed E-state index contributed by atoms with van der Waals surface area (Å²) in [6.07, 6.45) is 29.0. The number of fused-ring (bicyclic) bond motifs is 5. The van der Waals surface area contributed by atoms with E-state index in [1.807, 2.05) is 166 Å². The zero-order valence-corrected chi connectivity index (χ0v) is 54.5. The molecule has 0 spiro atoms. The van der Waals surface area contributed by atoms with Gasteiger partial charge in [0.1, 0.15) is 11.6 Å². The zero-order chi connectivity index (χ0) is 69.5. The molecule has 0 bridgehead atoms. The van der Waals surface area contributed by atoms with E-state index in [0.717, 1.165) is 65.5 Å². The van der Waals surface area contributed by atoms with Crippen molar-refractivity contribution in [3.05, 3.63) is 333 Å². The van der Waals surface area contributed by atoms with E-state index in [4.69, 9.17) is 0 Å². The molecule has 0 aliphatic carbocycles. The molecule has 12 heterocycles. The lowest BCUT2D eigenvalue weighted by Gasteiger charge is -2.11. The quantitative estimate of drug-likeness (QED) is 0.110. The summed E-state index contributed by atoms with van der Waals surface area (Å²) in [5.74, 6) is -1.43. The van der Waals surface area contributed by atoms with Gasteiger partial charge in [-0.25, -0.2) is 48.4 Å². The highest BCUT2D eigenvalue weighted by Gasteiger charge is 2.18. The highest BCUT2D eigenvalue weighted by atomic mass is 19.1. The van der Waals surface area contributed by atoms with Crippen LogP contribution in [0.3, 0.4) is 0 Å². The van der Waals surface area contributed by atoms with Crippen molar-refractivity contribution in [1.82, 2.24) is 92.0 Å². The first-order chi connectivity index (χ1) is 49.2. The van der Waals surface area contributed by atoms with E-state index in [0.29, 0.717) is 63.7 Å². The summed E-state index contributed by atoms with van der Waals surface area (Å²) >= 11 is 0. The van der Waals surface area contributed by atoms with Gasteiger partial charge in [-0.15, -0.1) is 0 Å². The number of hydrogen-bond donors (Lipinski definition) is 0. The topological polar surface area (TPSA) is 250 Å². The Morgan fingerprint density at radius 1 is 0.376 bits per heavy atom. The van der Waals surface area contributed by atoms with Crippen LogP contribution >= 0.6 is 0 Å². The molecule has 12 aromatic heterocycles. The summed E-state index contributed by atoms with van der Waals surface area (Å²) in [5.41, 5.74) is 11.8. The average Bonchev–Trinajstić information content (AvgIpc) is 1.77. The van der Waals surface area contributed by atoms with Gasteiger partial charge in [0.25, 0.3) is 22.2 Å². The first-order valence-electron chi connectivity index (χ1n) is 31.7. The third-order valence-corrected chi connectivity index (χ3v) is 16.7. The van der Waals surface area contributed by atoms with Gasteiger partial charge in [0.05, 0.1) is 103 Å². The van der Waals surface area contributed by atoms with Gasteiger partial charge in [-0.2, -0.15) is 15.3 Å². The van der Waals surface area contributed by atoms with E-state index in [-0.39, 0.29) is 34.3 Å². The summed E-state index contributed by atoms with van der Waals surface area (Å²) in [6, 6.07) is 46.4. The third kappa shape index (κ3) is 14.3. The summed E-state index contributed by atoms with van der Waals surface area (Å²) < 4.78 is 43.0. The van der Waals surface area contributed by atoms with Gasteiger partial charge >= 0.3 is 0 Å². The van der Waals surface area contributed by atoms with Crippen LogP contribution in [-0.4, -0.2) is 92.0 Å².